The van der Waals surface area contributed by atoms with Crippen molar-refractivity contribution in [2.75, 3.05) is 6.61 Å². The van der Waals surface area contributed by atoms with Crippen molar-refractivity contribution in [3.63, 3.8) is 0 Å². The predicted molar refractivity (Wildman–Crippen MR) is 82.9 cm³/mol. The van der Waals surface area contributed by atoms with Crippen molar-refractivity contribution in [1.82, 2.24) is 9.97 Å². The minimum atomic E-state index is 0.637. The van der Waals surface area contributed by atoms with Crippen molar-refractivity contribution in [2.45, 2.75) is 19.3 Å². The van der Waals surface area contributed by atoms with Gasteiger partial charge >= 0.3 is 0 Å². The number of rotatable bonds is 8. The predicted octanol–water partition coefficient (Wildman–Crippen LogP) is 4.15. The molecule has 104 valence electrons. The molecule has 0 aliphatic rings. The highest BCUT2D eigenvalue weighted by atomic mass is 16.5. The summed E-state index contributed by atoms with van der Waals surface area (Å²) < 4.78 is 5.79. The van der Waals surface area contributed by atoms with E-state index in [1.807, 2.05) is 42.6 Å². The van der Waals surface area contributed by atoms with Crippen molar-refractivity contribution in [3.05, 3.63) is 61.6 Å². The van der Waals surface area contributed by atoms with E-state index in [2.05, 4.69) is 23.1 Å². The highest BCUT2D eigenvalue weighted by Crippen LogP contribution is 2.28. The van der Waals surface area contributed by atoms with E-state index in [9.17, 15) is 0 Å². The van der Waals surface area contributed by atoms with E-state index in [-0.39, 0.29) is 0 Å². The fraction of sp³-hybridized carbons (Fsp3) is 0.235. The van der Waals surface area contributed by atoms with Gasteiger partial charge in [-0.1, -0.05) is 24.3 Å². The van der Waals surface area contributed by atoms with E-state index in [0.29, 0.717) is 6.61 Å². The quantitative estimate of drug-likeness (QED) is 0.577. The molecule has 0 aliphatic heterocycles. The number of allylic oxidation sites excluding steroid dienone is 1. The Morgan fingerprint density at radius 3 is 2.75 bits per heavy atom. The van der Waals surface area contributed by atoms with Crippen LogP contribution >= 0.6 is 0 Å². The number of hydrogen-bond donors (Lipinski definition) is 1. The van der Waals surface area contributed by atoms with Gasteiger partial charge in [0.05, 0.1) is 18.5 Å². The van der Waals surface area contributed by atoms with Crippen LogP contribution in [0.1, 0.15) is 18.7 Å². The molecule has 1 aromatic heterocycles. The number of aromatic nitrogens is 2. The van der Waals surface area contributed by atoms with Gasteiger partial charge in [-0.3, -0.25) is 0 Å². The zero-order valence-corrected chi connectivity index (χ0v) is 11.6. The third-order valence-electron chi connectivity index (χ3n) is 2.97. The van der Waals surface area contributed by atoms with Crippen molar-refractivity contribution < 1.29 is 4.74 Å². The van der Waals surface area contributed by atoms with Gasteiger partial charge in [-0.15, -0.1) is 13.2 Å². The molecule has 2 aromatic rings. The Morgan fingerprint density at radius 2 is 1.95 bits per heavy atom. The van der Waals surface area contributed by atoms with Gasteiger partial charge in [0.1, 0.15) is 11.6 Å². The Bertz CT molecular complexity index is 572. The van der Waals surface area contributed by atoms with Gasteiger partial charge in [-0.25, -0.2) is 4.98 Å². The van der Waals surface area contributed by atoms with Gasteiger partial charge in [0.25, 0.3) is 0 Å². The molecule has 0 spiro atoms. The first kappa shape index (κ1) is 14.1. The molecule has 0 unspecified atom stereocenters. The lowest BCUT2D eigenvalue weighted by Gasteiger charge is -2.09. The van der Waals surface area contributed by atoms with Gasteiger partial charge < -0.3 is 9.72 Å². The first-order chi connectivity index (χ1) is 9.85. The second-order valence-electron chi connectivity index (χ2n) is 4.49. The number of ether oxygens (including phenoxy) is 1. The molecule has 0 bridgehead atoms. The smallest absolute Gasteiger partial charge is 0.128 e. The molecular formula is C17H20N2O. The van der Waals surface area contributed by atoms with Crippen molar-refractivity contribution in [2.24, 2.45) is 0 Å². The van der Waals surface area contributed by atoms with Crippen LogP contribution in [0, 0.1) is 0 Å². The third-order valence-corrected chi connectivity index (χ3v) is 2.97. The van der Waals surface area contributed by atoms with Gasteiger partial charge in [0.2, 0.25) is 0 Å². The maximum Gasteiger partial charge on any atom is 0.128 e. The summed E-state index contributed by atoms with van der Waals surface area (Å²) in [6.45, 7) is 8.06. The molecule has 1 heterocycles. The number of nitrogens with one attached hydrogen (secondary N) is 1. The van der Waals surface area contributed by atoms with E-state index in [0.717, 1.165) is 42.1 Å². The zero-order valence-electron chi connectivity index (χ0n) is 11.6. The van der Waals surface area contributed by atoms with E-state index >= 15 is 0 Å². The highest BCUT2D eigenvalue weighted by Gasteiger charge is 2.08. The molecule has 0 atom stereocenters. The molecule has 0 saturated heterocycles. The highest BCUT2D eigenvalue weighted by molar-refractivity contribution is 5.66. The fourth-order valence-corrected chi connectivity index (χ4v) is 1.93. The molecule has 0 radical (unpaired) electrons. The minimum absolute atomic E-state index is 0.637. The molecule has 0 saturated carbocycles. The monoisotopic (exact) mass is 268 g/mol. The fourth-order valence-electron chi connectivity index (χ4n) is 1.93. The summed E-state index contributed by atoms with van der Waals surface area (Å²) in [5.74, 6) is 1.84. The van der Waals surface area contributed by atoms with Crippen LogP contribution in [0.3, 0.4) is 0 Å². The number of nitrogens with zero attached hydrogens (tertiary/aromatic N) is 1. The molecule has 20 heavy (non-hydrogen) atoms. The molecule has 3 heteroatoms. The summed E-state index contributed by atoms with van der Waals surface area (Å²) >= 11 is 0. The van der Waals surface area contributed by atoms with E-state index in [1.165, 1.54) is 0 Å². The summed E-state index contributed by atoms with van der Waals surface area (Å²) in [4.78, 5) is 7.73. The second-order valence-corrected chi connectivity index (χ2v) is 4.49. The molecule has 0 aliphatic carbocycles. The molecule has 2 rings (SSSR count). The first-order valence-electron chi connectivity index (χ1n) is 6.83. The van der Waals surface area contributed by atoms with Gasteiger partial charge in [0, 0.05) is 12.0 Å². The maximum absolute atomic E-state index is 5.79. The zero-order chi connectivity index (χ0) is 14.2. The number of aryl methyl sites for hydroxylation is 1. The average molecular weight is 268 g/mol. The Kier molecular flexibility index (Phi) is 5.18. The van der Waals surface area contributed by atoms with Crippen LogP contribution in [0.2, 0.25) is 0 Å². The van der Waals surface area contributed by atoms with Crippen LogP contribution in [-0.4, -0.2) is 16.6 Å². The van der Waals surface area contributed by atoms with Crippen molar-refractivity contribution >= 4 is 0 Å². The number of hydrogen-bond acceptors (Lipinski definition) is 2. The summed E-state index contributed by atoms with van der Waals surface area (Å²) in [6.07, 6.45) is 8.24. The number of para-hydroxylation sites is 1. The van der Waals surface area contributed by atoms with Crippen LogP contribution in [0.15, 0.2) is 55.8 Å². The summed E-state index contributed by atoms with van der Waals surface area (Å²) in [5, 5.41) is 0. The molecule has 1 aromatic carbocycles. The second kappa shape index (κ2) is 7.34. The van der Waals surface area contributed by atoms with Crippen LogP contribution in [0.25, 0.3) is 11.3 Å². The largest absolute Gasteiger partial charge is 0.493 e. The number of aromatic amines is 1. The Balaban J connectivity index is 2.16. The normalized spacial score (nSPS) is 10.2. The molecule has 0 amide bonds. The Labute approximate surface area is 120 Å². The van der Waals surface area contributed by atoms with Crippen LogP contribution < -0.4 is 4.74 Å². The average Bonchev–Trinajstić information content (AvgIpc) is 2.94. The topological polar surface area (TPSA) is 37.9 Å². The minimum Gasteiger partial charge on any atom is -0.493 e. The first-order valence-corrected chi connectivity index (χ1v) is 6.83. The van der Waals surface area contributed by atoms with Gasteiger partial charge in [-0.05, 0) is 25.0 Å². The van der Waals surface area contributed by atoms with Crippen molar-refractivity contribution in [1.29, 1.82) is 0 Å². The molecular weight excluding hydrogens is 248 g/mol. The Morgan fingerprint density at radius 1 is 1.15 bits per heavy atom. The van der Waals surface area contributed by atoms with Crippen LogP contribution in [0.4, 0.5) is 0 Å². The SMILES string of the molecule is C=CCCOc1ccccc1-c1cnc(CCC=C)[nH]1. The lowest BCUT2D eigenvalue weighted by Crippen LogP contribution is -1.97. The third kappa shape index (κ3) is 3.60. The number of imidazole rings is 1. The summed E-state index contributed by atoms with van der Waals surface area (Å²) in [5.41, 5.74) is 2.02. The van der Waals surface area contributed by atoms with Crippen molar-refractivity contribution in [3.8, 4) is 17.0 Å². The van der Waals surface area contributed by atoms with Gasteiger partial charge in [0.15, 0.2) is 0 Å². The maximum atomic E-state index is 5.79. The van der Waals surface area contributed by atoms with Crippen LogP contribution in [0.5, 0.6) is 5.75 Å². The van der Waals surface area contributed by atoms with E-state index < -0.39 is 0 Å². The van der Waals surface area contributed by atoms with E-state index in [1.54, 1.807) is 0 Å². The molecule has 1 N–H and O–H groups in total. The lowest BCUT2D eigenvalue weighted by molar-refractivity contribution is 0.326. The number of H-pyrrole nitrogens is 1. The summed E-state index contributed by atoms with van der Waals surface area (Å²) in [7, 11) is 0. The Hall–Kier alpha value is -2.29. The molecule has 0 fully saturated rings. The van der Waals surface area contributed by atoms with E-state index in [4.69, 9.17) is 4.74 Å². The lowest BCUT2D eigenvalue weighted by atomic mass is 10.1. The molecule has 3 nitrogen and oxygen atoms in total. The number of benzene rings is 1. The standard InChI is InChI=1S/C17H20N2O/c1-3-5-11-17-18-13-15(19-17)14-9-7-8-10-16(14)20-12-6-4-2/h3-4,7-10,13H,1-2,5-6,11-12H2,(H,18,19). The summed E-state index contributed by atoms with van der Waals surface area (Å²) in [6, 6.07) is 7.98. The van der Waals surface area contributed by atoms with Crippen LogP contribution in [-0.2, 0) is 6.42 Å². The van der Waals surface area contributed by atoms with Gasteiger partial charge in [-0.2, -0.15) is 0 Å².